The van der Waals surface area contributed by atoms with Crippen molar-refractivity contribution in [3.63, 3.8) is 0 Å². The van der Waals surface area contributed by atoms with Crippen LogP contribution in [0.25, 0.3) is 21.8 Å². The molecule has 0 atom stereocenters. The Balaban J connectivity index is 1.75. The number of aliphatic carboxylic acids is 1. The second-order valence-corrected chi connectivity index (χ2v) is 7.42. The maximum atomic E-state index is 11.4. The fourth-order valence-electron chi connectivity index (χ4n) is 4.04. The van der Waals surface area contributed by atoms with E-state index in [4.69, 9.17) is 0 Å². The number of aryl methyl sites for hydroxylation is 2. The van der Waals surface area contributed by atoms with Gasteiger partial charge in [0.25, 0.3) is 0 Å². The van der Waals surface area contributed by atoms with Crippen molar-refractivity contribution in [2.75, 3.05) is 6.54 Å². The smallest absolute Gasteiger partial charge is 0.317 e. The molecule has 0 bridgehead atoms. The molecule has 4 aromatic rings. The zero-order valence-corrected chi connectivity index (χ0v) is 16.2. The van der Waals surface area contributed by atoms with Crippen LogP contribution in [0.1, 0.15) is 22.3 Å². The molecular weight excluding hydrogens is 348 g/mol. The fraction of sp³-hybridized carbons (Fsp3) is 0.208. The highest BCUT2D eigenvalue weighted by Gasteiger charge is 2.16. The third kappa shape index (κ3) is 3.51. The molecule has 0 aliphatic carbocycles. The van der Waals surface area contributed by atoms with Crippen molar-refractivity contribution >= 4 is 27.8 Å². The molecule has 0 aliphatic heterocycles. The molecule has 142 valence electrons. The Labute approximate surface area is 164 Å². The molecule has 4 nitrogen and oxygen atoms in total. The van der Waals surface area contributed by atoms with Crippen molar-refractivity contribution in [3.8, 4) is 0 Å². The summed E-state index contributed by atoms with van der Waals surface area (Å²) in [6.45, 7) is 5.47. The summed E-state index contributed by atoms with van der Waals surface area (Å²) in [4.78, 5) is 17.0. The number of aromatic nitrogens is 1. The number of hydrogen-bond donors (Lipinski definition) is 2. The van der Waals surface area contributed by atoms with Crippen LogP contribution in [0.3, 0.4) is 0 Å². The van der Waals surface area contributed by atoms with Crippen molar-refractivity contribution in [3.05, 3.63) is 82.9 Å². The number of carboxylic acids is 1. The van der Waals surface area contributed by atoms with E-state index in [9.17, 15) is 9.90 Å². The van der Waals surface area contributed by atoms with Crippen LogP contribution >= 0.6 is 0 Å². The normalized spacial score (nSPS) is 11.5. The zero-order valence-electron chi connectivity index (χ0n) is 16.2. The molecule has 0 aliphatic rings. The van der Waals surface area contributed by atoms with Gasteiger partial charge < -0.3 is 10.1 Å². The van der Waals surface area contributed by atoms with Gasteiger partial charge in [-0.25, -0.2) is 0 Å². The molecule has 28 heavy (non-hydrogen) atoms. The molecule has 2 N–H and O–H groups in total. The summed E-state index contributed by atoms with van der Waals surface area (Å²) in [6, 6.07) is 20.6. The first-order valence-electron chi connectivity index (χ1n) is 9.50. The Hall–Kier alpha value is -3.11. The molecule has 0 saturated heterocycles. The summed E-state index contributed by atoms with van der Waals surface area (Å²) in [5.74, 6) is -0.807. The quantitative estimate of drug-likeness (QED) is 0.499. The van der Waals surface area contributed by atoms with Gasteiger partial charge in [0.15, 0.2) is 0 Å². The van der Waals surface area contributed by atoms with Crippen molar-refractivity contribution < 1.29 is 9.90 Å². The van der Waals surface area contributed by atoms with Gasteiger partial charge in [-0.2, -0.15) is 0 Å². The van der Waals surface area contributed by atoms with Gasteiger partial charge in [0.05, 0.1) is 6.54 Å². The van der Waals surface area contributed by atoms with Gasteiger partial charge in [-0.3, -0.25) is 9.69 Å². The highest BCUT2D eigenvalue weighted by molar-refractivity contribution is 6.10. The topological polar surface area (TPSA) is 56.3 Å². The molecule has 1 aromatic heterocycles. The Bertz CT molecular complexity index is 1150. The number of hydrogen-bond acceptors (Lipinski definition) is 2. The number of carbonyl (C=O) groups is 1. The monoisotopic (exact) mass is 372 g/mol. The molecule has 0 unspecified atom stereocenters. The van der Waals surface area contributed by atoms with Crippen molar-refractivity contribution in [1.82, 2.24) is 9.88 Å². The number of nitrogens with one attached hydrogen (secondary N) is 1. The Kier molecular flexibility index (Phi) is 4.88. The van der Waals surface area contributed by atoms with E-state index in [1.807, 2.05) is 41.3 Å². The summed E-state index contributed by atoms with van der Waals surface area (Å²) in [5, 5.41) is 11.8. The number of rotatable bonds is 6. The predicted octanol–water partition coefficient (Wildman–Crippen LogP) is 5.02. The minimum absolute atomic E-state index is 0.0132. The first-order chi connectivity index (χ1) is 13.5. The largest absolute Gasteiger partial charge is 0.480 e. The van der Waals surface area contributed by atoms with Crippen LogP contribution in [0, 0.1) is 13.8 Å². The SMILES string of the molecule is Cc1cc(CN(CC(=O)O)Cc2ccccc2)c(C)c2c1[nH]c1ccccc12. The minimum Gasteiger partial charge on any atom is -0.480 e. The number of H-pyrrole nitrogens is 1. The maximum absolute atomic E-state index is 11.4. The lowest BCUT2D eigenvalue weighted by atomic mass is 9.98. The average Bonchev–Trinajstić information content (AvgIpc) is 3.06. The number of nitrogens with zero attached hydrogens (tertiary/aromatic N) is 1. The number of carboxylic acid groups (broad SMARTS) is 1. The minimum atomic E-state index is -0.807. The van der Waals surface area contributed by atoms with E-state index in [-0.39, 0.29) is 6.54 Å². The molecule has 1 heterocycles. The van der Waals surface area contributed by atoms with Crippen LogP contribution in [-0.4, -0.2) is 27.5 Å². The third-order valence-electron chi connectivity index (χ3n) is 5.35. The van der Waals surface area contributed by atoms with Crippen LogP contribution in [0.2, 0.25) is 0 Å². The summed E-state index contributed by atoms with van der Waals surface area (Å²) in [6.07, 6.45) is 0. The first kappa shape index (κ1) is 18.3. The van der Waals surface area contributed by atoms with E-state index < -0.39 is 5.97 Å². The summed E-state index contributed by atoms with van der Waals surface area (Å²) in [7, 11) is 0. The van der Waals surface area contributed by atoms with Gasteiger partial charge >= 0.3 is 5.97 Å². The molecule has 3 aromatic carbocycles. The van der Waals surface area contributed by atoms with Crippen molar-refractivity contribution in [2.24, 2.45) is 0 Å². The van der Waals surface area contributed by atoms with E-state index in [0.29, 0.717) is 13.1 Å². The molecular formula is C24H24N2O2. The van der Waals surface area contributed by atoms with Gasteiger partial charge in [-0.15, -0.1) is 0 Å². The maximum Gasteiger partial charge on any atom is 0.317 e. The van der Waals surface area contributed by atoms with Crippen LogP contribution in [0.15, 0.2) is 60.7 Å². The average molecular weight is 372 g/mol. The second kappa shape index (κ2) is 7.49. The molecule has 0 spiro atoms. The highest BCUT2D eigenvalue weighted by atomic mass is 16.4. The lowest BCUT2D eigenvalue weighted by Gasteiger charge is -2.22. The third-order valence-corrected chi connectivity index (χ3v) is 5.35. The Morgan fingerprint density at radius 2 is 1.71 bits per heavy atom. The van der Waals surface area contributed by atoms with E-state index in [1.165, 1.54) is 27.5 Å². The Morgan fingerprint density at radius 1 is 1.00 bits per heavy atom. The number of para-hydroxylation sites is 1. The van der Waals surface area contributed by atoms with E-state index >= 15 is 0 Å². The lowest BCUT2D eigenvalue weighted by molar-refractivity contribution is -0.138. The lowest BCUT2D eigenvalue weighted by Crippen LogP contribution is -2.29. The van der Waals surface area contributed by atoms with Crippen molar-refractivity contribution in [1.29, 1.82) is 0 Å². The fourth-order valence-corrected chi connectivity index (χ4v) is 4.04. The summed E-state index contributed by atoms with van der Waals surface area (Å²) < 4.78 is 0. The molecule has 0 radical (unpaired) electrons. The van der Waals surface area contributed by atoms with Gasteiger partial charge in [-0.05, 0) is 42.2 Å². The van der Waals surface area contributed by atoms with Gasteiger partial charge in [-0.1, -0.05) is 54.6 Å². The standard InChI is InChI=1S/C24H24N2O2/c1-16-12-19(14-26(15-22(27)28)13-18-8-4-3-5-9-18)17(2)23-20-10-6-7-11-21(20)25-24(16)23/h3-12,25H,13-15H2,1-2H3,(H,27,28). The van der Waals surface area contributed by atoms with Crippen LogP contribution in [0.4, 0.5) is 0 Å². The molecule has 4 rings (SSSR count). The van der Waals surface area contributed by atoms with Crippen LogP contribution in [0.5, 0.6) is 0 Å². The second-order valence-electron chi connectivity index (χ2n) is 7.42. The van der Waals surface area contributed by atoms with E-state index in [2.05, 4.69) is 43.1 Å². The van der Waals surface area contributed by atoms with Gasteiger partial charge in [0.1, 0.15) is 0 Å². The highest BCUT2D eigenvalue weighted by Crippen LogP contribution is 2.33. The zero-order chi connectivity index (χ0) is 19.7. The van der Waals surface area contributed by atoms with E-state index in [1.54, 1.807) is 0 Å². The number of aromatic amines is 1. The Morgan fingerprint density at radius 3 is 2.46 bits per heavy atom. The molecule has 0 amide bonds. The van der Waals surface area contributed by atoms with Gasteiger partial charge in [0.2, 0.25) is 0 Å². The molecule has 0 saturated carbocycles. The summed E-state index contributed by atoms with van der Waals surface area (Å²) >= 11 is 0. The predicted molar refractivity (Wildman–Crippen MR) is 113 cm³/mol. The number of fused-ring (bicyclic) bond motifs is 3. The molecule has 4 heteroatoms. The van der Waals surface area contributed by atoms with Crippen molar-refractivity contribution in [2.45, 2.75) is 26.9 Å². The first-order valence-corrected chi connectivity index (χ1v) is 9.50. The number of benzene rings is 3. The van der Waals surface area contributed by atoms with Crippen LogP contribution < -0.4 is 0 Å². The molecule has 0 fully saturated rings. The van der Waals surface area contributed by atoms with Gasteiger partial charge in [0, 0.05) is 34.9 Å². The van der Waals surface area contributed by atoms with E-state index in [0.717, 1.165) is 16.6 Å². The van der Waals surface area contributed by atoms with Crippen LogP contribution in [-0.2, 0) is 17.9 Å². The summed E-state index contributed by atoms with van der Waals surface area (Å²) in [5.41, 5.74) is 6.98.